The molecule has 1 heterocycles. The maximum absolute atomic E-state index is 13.1. The normalized spacial score (nSPS) is 10.6. The summed E-state index contributed by atoms with van der Waals surface area (Å²) >= 11 is 1.42. The number of benzene rings is 2. The third kappa shape index (κ3) is 3.60. The van der Waals surface area contributed by atoms with Gasteiger partial charge in [-0.05, 0) is 38.5 Å². The van der Waals surface area contributed by atoms with E-state index in [0.29, 0.717) is 29.6 Å². The Labute approximate surface area is 157 Å². The second-order valence-corrected chi connectivity index (χ2v) is 6.64. The van der Waals surface area contributed by atoms with E-state index in [2.05, 4.69) is 10.2 Å². The van der Waals surface area contributed by atoms with E-state index in [0.717, 1.165) is 16.1 Å². The monoisotopic (exact) mass is 367 g/mol. The van der Waals surface area contributed by atoms with Gasteiger partial charge in [-0.15, -0.1) is 10.2 Å². The number of hydrogen-bond donors (Lipinski definition) is 0. The molecule has 5 nitrogen and oxygen atoms in total. The highest BCUT2D eigenvalue weighted by Gasteiger charge is 2.23. The summed E-state index contributed by atoms with van der Waals surface area (Å²) in [6.45, 7) is 6.87. The van der Waals surface area contributed by atoms with Crippen LogP contribution in [0.25, 0.3) is 10.6 Å². The highest BCUT2D eigenvalue weighted by Crippen LogP contribution is 2.32. The van der Waals surface area contributed by atoms with Gasteiger partial charge in [-0.1, -0.05) is 47.7 Å². The SMILES string of the molecule is CCOc1ccccc1C(=O)N(CC)c1nnc(-c2ccccc2C)s1. The van der Waals surface area contributed by atoms with Gasteiger partial charge in [0.05, 0.1) is 12.2 Å². The first-order valence-electron chi connectivity index (χ1n) is 8.58. The number of para-hydroxylation sites is 1. The van der Waals surface area contributed by atoms with Crippen LogP contribution in [-0.2, 0) is 0 Å². The summed E-state index contributed by atoms with van der Waals surface area (Å²) < 4.78 is 5.60. The minimum absolute atomic E-state index is 0.135. The van der Waals surface area contributed by atoms with Crippen molar-refractivity contribution >= 4 is 22.4 Å². The second-order valence-electron chi connectivity index (χ2n) is 5.68. The lowest BCUT2D eigenvalue weighted by Gasteiger charge is -2.18. The molecule has 0 bridgehead atoms. The van der Waals surface area contributed by atoms with E-state index in [4.69, 9.17) is 4.74 Å². The number of amides is 1. The number of carbonyl (C=O) groups is 1. The quantitative estimate of drug-likeness (QED) is 0.640. The molecule has 1 aromatic heterocycles. The van der Waals surface area contributed by atoms with E-state index in [1.165, 1.54) is 11.3 Å². The van der Waals surface area contributed by atoms with E-state index in [1.54, 1.807) is 11.0 Å². The van der Waals surface area contributed by atoms with E-state index >= 15 is 0 Å². The Kier molecular flexibility index (Phi) is 5.63. The molecule has 0 fully saturated rings. The third-order valence-corrected chi connectivity index (χ3v) is 4.98. The Bertz CT molecular complexity index is 907. The smallest absolute Gasteiger partial charge is 0.263 e. The average molecular weight is 367 g/mol. The summed E-state index contributed by atoms with van der Waals surface area (Å²) in [5.41, 5.74) is 2.70. The maximum Gasteiger partial charge on any atom is 0.263 e. The van der Waals surface area contributed by atoms with Gasteiger partial charge in [0, 0.05) is 12.1 Å². The van der Waals surface area contributed by atoms with Gasteiger partial charge >= 0.3 is 0 Å². The molecule has 0 aliphatic rings. The predicted octanol–water partition coefficient (Wildman–Crippen LogP) is 4.58. The van der Waals surface area contributed by atoms with Gasteiger partial charge in [-0.3, -0.25) is 9.69 Å². The molecule has 26 heavy (non-hydrogen) atoms. The molecule has 6 heteroatoms. The molecule has 1 amide bonds. The summed E-state index contributed by atoms with van der Waals surface area (Å²) in [4.78, 5) is 14.7. The Morgan fingerprint density at radius 1 is 1.08 bits per heavy atom. The third-order valence-electron chi connectivity index (χ3n) is 4.00. The number of anilines is 1. The average Bonchev–Trinajstić information content (AvgIpc) is 3.13. The van der Waals surface area contributed by atoms with Crippen LogP contribution in [0.3, 0.4) is 0 Å². The van der Waals surface area contributed by atoms with Crippen LogP contribution < -0.4 is 9.64 Å². The topological polar surface area (TPSA) is 55.3 Å². The van der Waals surface area contributed by atoms with Crippen LogP contribution in [0, 0.1) is 6.92 Å². The fourth-order valence-electron chi connectivity index (χ4n) is 2.68. The molecule has 0 N–H and O–H groups in total. The summed E-state index contributed by atoms with van der Waals surface area (Å²) in [5, 5.41) is 9.95. The van der Waals surface area contributed by atoms with Crippen molar-refractivity contribution < 1.29 is 9.53 Å². The molecule has 0 saturated carbocycles. The highest BCUT2D eigenvalue weighted by molar-refractivity contribution is 7.18. The van der Waals surface area contributed by atoms with Crippen molar-refractivity contribution in [2.75, 3.05) is 18.1 Å². The largest absolute Gasteiger partial charge is 0.493 e. The minimum atomic E-state index is -0.135. The molecule has 134 valence electrons. The number of rotatable bonds is 6. The first-order chi connectivity index (χ1) is 12.7. The summed E-state index contributed by atoms with van der Waals surface area (Å²) in [5.74, 6) is 0.450. The van der Waals surface area contributed by atoms with Gasteiger partial charge in [-0.25, -0.2) is 0 Å². The molecule has 0 spiro atoms. The first kappa shape index (κ1) is 18.1. The van der Waals surface area contributed by atoms with Gasteiger partial charge in [-0.2, -0.15) is 0 Å². The molecule has 3 aromatic rings. The van der Waals surface area contributed by atoms with E-state index in [1.807, 2.05) is 63.2 Å². The molecule has 0 aliphatic carbocycles. The van der Waals surface area contributed by atoms with Gasteiger partial charge in [0.2, 0.25) is 5.13 Å². The Morgan fingerprint density at radius 2 is 1.81 bits per heavy atom. The molecule has 0 atom stereocenters. The van der Waals surface area contributed by atoms with Crippen molar-refractivity contribution in [1.29, 1.82) is 0 Å². The van der Waals surface area contributed by atoms with Crippen LogP contribution in [0.4, 0.5) is 5.13 Å². The van der Waals surface area contributed by atoms with Crippen molar-refractivity contribution in [3.8, 4) is 16.3 Å². The van der Waals surface area contributed by atoms with Crippen LogP contribution in [0.5, 0.6) is 5.75 Å². The minimum Gasteiger partial charge on any atom is -0.493 e. The number of hydrogen-bond acceptors (Lipinski definition) is 5. The van der Waals surface area contributed by atoms with Gasteiger partial charge in [0.1, 0.15) is 10.8 Å². The molecular formula is C20H21N3O2S. The summed E-state index contributed by atoms with van der Waals surface area (Å²) in [6, 6.07) is 15.3. The molecular weight excluding hydrogens is 346 g/mol. The maximum atomic E-state index is 13.1. The number of nitrogens with zero attached hydrogens (tertiary/aromatic N) is 3. The van der Waals surface area contributed by atoms with E-state index < -0.39 is 0 Å². The Hall–Kier alpha value is -2.73. The Balaban J connectivity index is 1.93. The summed E-state index contributed by atoms with van der Waals surface area (Å²) in [6.07, 6.45) is 0. The standard InChI is InChI=1S/C20H21N3O2S/c1-4-23(19(24)16-12-8-9-13-17(16)25-5-2)20-22-21-18(26-20)15-11-7-6-10-14(15)3/h6-13H,4-5H2,1-3H3. The lowest BCUT2D eigenvalue weighted by Crippen LogP contribution is -2.31. The van der Waals surface area contributed by atoms with Crippen LogP contribution in [-0.4, -0.2) is 29.3 Å². The lowest BCUT2D eigenvalue weighted by atomic mass is 10.1. The fourth-order valence-corrected chi connectivity index (χ4v) is 3.68. The lowest BCUT2D eigenvalue weighted by molar-refractivity contribution is 0.0984. The molecule has 0 unspecified atom stereocenters. The van der Waals surface area contributed by atoms with E-state index in [-0.39, 0.29) is 5.91 Å². The molecule has 0 aliphatic heterocycles. The zero-order valence-corrected chi connectivity index (χ0v) is 15.9. The number of carbonyl (C=O) groups excluding carboxylic acids is 1. The van der Waals surface area contributed by atoms with Gasteiger partial charge in [0.25, 0.3) is 5.91 Å². The van der Waals surface area contributed by atoms with E-state index in [9.17, 15) is 4.79 Å². The zero-order chi connectivity index (χ0) is 18.5. The number of aromatic nitrogens is 2. The fraction of sp³-hybridized carbons (Fsp3) is 0.250. The van der Waals surface area contributed by atoms with Gasteiger partial charge < -0.3 is 4.74 Å². The van der Waals surface area contributed by atoms with Crippen LogP contribution in [0.2, 0.25) is 0 Å². The van der Waals surface area contributed by atoms with Gasteiger partial charge in [0.15, 0.2) is 0 Å². The van der Waals surface area contributed by atoms with Crippen molar-refractivity contribution in [1.82, 2.24) is 10.2 Å². The molecule has 0 radical (unpaired) electrons. The number of aryl methyl sites for hydroxylation is 1. The first-order valence-corrected chi connectivity index (χ1v) is 9.40. The van der Waals surface area contributed by atoms with Crippen LogP contribution in [0.1, 0.15) is 29.8 Å². The highest BCUT2D eigenvalue weighted by atomic mass is 32.1. The second kappa shape index (κ2) is 8.10. The van der Waals surface area contributed by atoms with Crippen LogP contribution in [0.15, 0.2) is 48.5 Å². The van der Waals surface area contributed by atoms with Crippen molar-refractivity contribution in [3.05, 3.63) is 59.7 Å². The Morgan fingerprint density at radius 3 is 2.54 bits per heavy atom. The van der Waals surface area contributed by atoms with Crippen molar-refractivity contribution in [2.24, 2.45) is 0 Å². The predicted molar refractivity (Wildman–Crippen MR) is 105 cm³/mol. The van der Waals surface area contributed by atoms with Crippen molar-refractivity contribution in [2.45, 2.75) is 20.8 Å². The molecule has 3 rings (SSSR count). The van der Waals surface area contributed by atoms with Crippen LogP contribution >= 0.6 is 11.3 Å². The zero-order valence-electron chi connectivity index (χ0n) is 15.1. The number of ether oxygens (including phenoxy) is 1. The molecule has 2 aromatic carbocycles. The molecule has 0 saturated heterocycles. The van der Waals surface area contributed by atoms with Crippen molar-refractivity contribution in [3.63, 3.8) is 0 Å². The summed E-state index contributed by atoms with van der Waals surface area (Å²) in [7, 11) is 0.